The number of fused-ring (bicyclic) bond motifs is 1. The van der Waals surface area contributed by atoms with Gasteiger partial charge in [0.05, 0.1) is 0 Å². The Kier molecular flexibility index (Phi) is 4.68. The summed E-state index contributed by atoms with van der Waals surface area (Å²) in [7, 11) is 1.78. The summed E-state index contributed by atoms with van der Waals surface area (Å²) in [6.07, 6.45) is 7.10. The summed E-state index contributed by atoms with van der Waals surface area (Å²) in [6, 6.07) is 8.55. The van der Waals surface area contributed by atoms with Crippen LogP contribution in [0.4, 0.5) is 0 Å². The van der Waals surface area contributed by atoms with Crippen LogP contribution >= 0.6 is 0 Å². The molecule has 0 radical (unpaired) electrons. The third-order valence-electron chi connectivity index (χ3n) is 4.14. The number of rotatable bonds is 5. The van der Waals surface area contributed by atoms with E-state index in [9.17, 15) is 0 Å². The quantitative estimate of drug-likeness (QED) is 0.846. The molecule has 21 heavy (non-hydrogen) atoms. The first kappa shape index (κ1) is 14.3. The molecule has 1 aliphatic rings. The molecule has 4 nitrogen and oxygen atoms in total. The lowest BCUT2D eigenvalue weighted by molar-refractivity contribution is 0.151. The van der Waals surface area contributed by atoms with Crippen LogP contribution in [0.25, 0.3) is 0 Å². The maximum Gasteiger partial charge on any atom is 0.0466 e. The lowest BCUT2D eigenvalue weighted by Gasteiger charge is -2.23. The van der Waals surface area contributed by atoms with E-state index in [0.717, 1.165) is 39.2 Å². The zero-order valence-electron chi connectivity index (χ0n) is 12.6. The molecule has 1 aliphatic heterocycles. The monoisotopic (exact) mass is 285 g/mol. The first-order valence-electron chi connectivity index (χ1n) is 7.59. The number of methoxy groups -OCH3 is 1. The van der Waals surface area contributed by atoms with Crippen molar-refractivity contribution in [1.29, 1.82) is 0 Å². The number of ether oxygens (including phenoxy) is 1. The fourth-order valence-electron chi connectivity index (χ4n) is 3.10. The number of hydrogen-bond acceptors (Lipinski definition) is 3. The van der Waals surface area contributed by atoms with Crippen LogP contribution in [0.2, 0.25) is 0 Å². The summed E-state index contributed by atoms with van der Waals surface area (Å²) in [5, 5.41) is 0. The Bertz CT molecular complexity index is 552. The van der Waals surface area contributed by atoms with Gasteiger partial charge in [-0.3, -0.25) is 9.88 Å². The Morgan fingerprint density at radius 1 is 1.29 bits per heavy atom. The second kappa shape index (κ2) is 6.87. The average Bonchev–Trinajstić information content (AvgIpc) is 2.86. The Morgan fingerprint density at radius 3 is 3.05 bits per heavy atom. The van der Waals surface area contributed by atoms with E-state index < -0.39 is 0 Å². The molecular formula is C17H23N3O. The van der Waals surface area contributed by atoms with Gasteiger partial charge in [0.25, 0.3) is 0 Å². The van der Waals surface area contributed by atoms with E-state index in [2.05, 4.69) is 38.8 Å². The van der Waals surface area contributed by atoms with E-state index in [1.54, 1.807) is 7.11 Å². The molecule has 3 rings (SSSR count). The number of hydrogen-bond donors (Lipinski definition) is 0. The summed E-state index contributed by atoms with van der Waals surface area (Å²) in [6.45, 7) is 5.01. The van der Waals surface area contributed by atoms with Gasteiger partial charge in [-0.25, -0.2) is 0 Å². The SMILES string of the molecule is COCC[C@H]1CN(Cc2cccnc2)Cc2cccn2C1. The standard InChI is InChI=1S/C17H23N3O/c1-21-9-6-16-12-19(11-15-4-2-7-18-10-15)14-17-5-3-8-20(17)13-16/h2-5,7-8,10,16H,6,9,11-14H2,1H3/t16-/m0/s1. The van der Waals surface area contributed by atoms with Gasteiger partial charge in [0.1, 0.15) is 0 Å². The molecule has 4 heteroatoms. The first-order chi connectivity index (χ1) is 10.3. The maximum absolute atomic E-state index is 5.27. The van der Waals surface area contributed by atoms with Crippen molar-refractivity contribution in [3.8, 4) is 0 Å². The molecule has 0 fully saturated rings. The maximum atomic E-state index is 5.27. The number of pyridine rings is 1. The fourth-order valence-corrected chi connectivity index (χ4v) is 3.10. The largest absolute Gasteiger partial charge is 0.385 e. The molecular weight excluding hydrogens is 262 g/mol. The third kappa shape index (κ3) is 3.71. The minimum atomic E-state index is 0.635. The molecule has 0 aliphatic carbocycles. The van der Waals surface area contributed by atoms with Gasteiger partial charge < -0.3 is 9.30 Å². The molecule has 0 unspecified atom stereocenters. The van der Waals surface area contributed by atoms with Crippen molar-refractivity contribution in [1.82, 2.24) is 14.5 Å². The molecule has 1 atom stereocenters. The molecule has 0 bridgehead atoms. The summed E-state index contributed by atoms with van der Waals surface area (Å²) < 4.78 is 7.66. The van der Waals surface area contributed by atoms with Crippen molar-refractivity contribution >= 4 is 0 Å². The van der Waals surface area contributed by atoms with E-state index in [4.69, 9.17) is 4.74 Å². The second-order valence-electron chi connectivity index (χ2n) is 5.83. The topological polar surface area (TPSA) is 30.3 Å². The molecule has 0 amide bonds. The van der Waals surface area contributed by atoms with Crippen LogP contribution in [0, 0.1) is 5.92 Å². The molecule has 0 spiro atoms. The molecule has 0 saturated heterocycles. The molecule has 112 valence electrons. The minimum absolute atomic E-state index is 0.635. The van der Waals surface area contributed by atoms with Gasteiger partial charge in [0, 0.05) is 64.2 Å². The Labute approximate surface area is 126 Å². The summed E-state index contributed by atoms with van der Waals surface area (Å²) in [5.41, 5.74) is 2.68. The summed E-state index contributed by atoms with van der Waals surface area (Å²) >= 11 is 0. The van der Waals surface area contributed by atoms with Crippen molar-refractivity contribution in [2.24, 2.45) is 5.92 Å². The first-order valence-corrected chi connectivity index (χ1v) is 7.59. The molecule has 2 aromatic rings. The van der Waals surface area contributed by atoms with Crippen LogP contribution in [0.15, 0.2) is 42.9 Å². The smallest absolute Gasteiger partial charge is 0.0466 e. The van der Waals surface area contributed by atoms with Crippen molar-refractivity contribution in [2.75, 3.05) is 20.3 Å². The van der Waals surface area contributed by atoms with Gasteiger partial charge in [-0.05, 0) is 36.1 Å². The van der Waals surface area contributed by atoms with Crippen LogP contribution in [0.1, 0.15) is 17.7 Å². The van der Waals surface area contributed by atoms with E-state index in [-0.39, 0.29) is 0 Å². The Morgan fingerprint density at radius 2 is 2.24 bits per heavy atom. The van der Waals surface area contributed by atoms with Crippen LogP contribution in [0.5, 0.6) is 0 Å². The highest BCUT2D eigenvalue weighted by molar-refractivity contribution is 5.11. The van der Waals surface area contributed by atoms with Gasteiger partial charge >= 0.3 is 0 Å². The van der Waals surface area contributed by atoms with E-state index in [1.807, 2.05) is 18.5 Å². The molecule has 0 saturated carbocycles. The van der Waals surface area contributed by atoms with E-state index in [1.165, 1.54) is 11.3 Å². The average molecular weight is 285 g/mol. The lowest BCUT2D eigenvalue weighted by atomic mass is 10.1. The van der Waals surface area contributed by atoms with Gasteiger partial charge in [0.2, 0.25) is 0 Å². The normalized spacial score (nSPS) is 19.2. The van der Waals surface area contributed by atoms with Crippen LogP contribution in [0.3, 0.4) is 0 Å². The lowest BCUT2D eigenvalue weighted by Crippen LogP contribution is -2.28. The number of aromatic nitrogens is 2. The van der Waals surface area contributed by atoms with E-state index in [0.29, 0.717) is 5.92 Å². The van der Waals surface area contributed by atoms with Crippen LogP contribution < -0.4 is 0 Å². The molecule has 0 aromatic carbocycles. The fraction of sp³-hybridized carbons (Fsp3) is 0.471. The van der Waals surface area contributed by atoms with Crippen molar-refractivity contribution in [2.45, 2.75) is 26.1 Å². The summed E-state index contributed by atoms with van der Waals surface area (Å²) in [5.74, 6) is 0.635. The minimum Gasteiger partial charge on any atom is -0.385 e. The third-order valence-corrected chi connectivity index (χ3v) is 4.14. The predicted molar refractivity (Wildman–Crippen MR) is 82.8 cm³/mol. The predicted octanol–water partition coefficient (Wildman–Crippen LogP) is 2.55. The van der Waals surface area contributed by atoms with Gasteiger partial charge in [0.15, 0.2) is 0 Å². The highest BCUT2D eigenvalue weighted by atomic mass is 16.5. The second-order valence-corrected chi connectivity index (χ2v) is 5.83. The molecule has 3 heterocycles. The summed E-state index contributed by atoms with van der Waals surface area (Å²) in [4.78, 5) is 6.75. The zero-order chi connectivity index (χ0) is 14.5. The van der Waals surface area contributed by atoms with Crippen LogP contribution in [-0.4, -0.2) is 34.7 Å². The van der Waals surface area contributed by atoms with Crippen LogP contribution in [-0.2, 0) is 24.4 Å². The highest BCUT2D eigenvalue weighted by Crippen LogP contribution is 2.21. The van der Waals surface area contributed by atoms with Gasteiger partial charge in [-0.15, -0.1) is 0 Å². The Balaban J connectivity index is 1.73. The van der Waals surface area contributed by atoms with Crippen molar-refractivity contribution in [3.63, 3.8) is 0 Å². The van der Waals surface area contributed by atoms with Crippen molar-refractivity contribution < 1.29 is 4.74 Å². The van der Waals surface area contributed by atoms with Gasteiger partial charge in [-0.1, -0.05) is 6.07 Å². The molecule has 0 N–H and O–H groups in total. The highest BCUT2D eigenvalue weighted by Gasteiger charge is 2.21. The zero-order valence-corrected chi connectivity index (χ0v) is 12.6. The van der Waals surface area contributed by atoms with E-state index >= 15 is 0 Å². The van der Waals surface area contributed by atoms with Gasteiger partial charge in [-0.2, -0.15) is 0 Å². The number of nitrogens with zero attached hydrogens (tertiary/aromatic N) is 3. The van der Waals surface area contributed by atoms with Crippen molar-refractivity contribution in [3.05, 3.63) is 54.1 Å². The molecule has 2 aromatic heterocycles. The Hall–Kier alpha value is -1.65.